The zero-order valence-electron chi connectivity index (χ0n) is 20.2. The number of para-hydroxylation sites is 1. The van der Waals surface area contributed by atoms with E-state index in [4.69, 9.17) is 4.99 Å². The maximum Gasteiger partial charge on any atom is 0.416 e. The summed E-state index contributed by atoms with van der Waals surface area (Å²) in [5.74, 6) is 0.0741. The normalized spacial score (nSPS) is 20.6. The van der Waals surface area contributed by atoms with Gasteiger partial charge in [0.05, 0.1) is 11.3 Å². The number of urea groups is 1. The number of hydrogen-bond acceptors (Lipinski definition) is 5. The molecule has 8 nitrogen and oxygen atoms in total. The SMILES string of the molecule is CCC[C@@]1(NC(=O)Nc2cccc(C(F)(F)F)c2)N=C(N2CCN(C)CC2)c2ccccc2NC1=O. The Labute approximate surface area is 207 Å². The lowest BCUT2D eigenvalue weighted by molar-refractivity contribution is -0.137. The van der Waals surface area contributed by atoms with E-state index in [1.165, 1.54) is 12.1 Å². The van der Waals surface area contributed by atoms with Crippen molar-refractivity contribution in [2.75, 3.05) is 43.9 Å². The third-order valence-electron chi connectivity index (χ3n) is 6.27. The van der Waals surface area contributed by atoms with Crippen LogP contribution >= 0.6 is 0 Å². The number of amides is 3. The smallest absolute Gasteiger partial charge is 0.354 e. The van der Waals surface area contributed by atoms with Gasteiger partial charge in [-0.25, -0.2) is 9.79 Å². The van der Waals surface area contributed by atoms with E-state index in [-0.39, 0.29) is 12.1 Å². The van der Waals surface area contributed by atoms with Gasteiger partial charge in [0, 0.05) is 43.9 Å². The second-order valence-electron chi connectivity index (χ2n) is 8.99. The van der Waals surface area contributed by atoms with E-state index in [0.29, 0.717) is 31.0 Å². The number of aliphatic imine (C=N–C) groups is 1. The predicted molar refractivity (Wildman–Crippen MR) is 132 cm³/mol. The summed E-state index contributed by atoms with van der Waals surface area (Å²) in [5.41, 5.74) is -1.26. The van der Waals surface area contributed by atoms with Crippen LogP contribution in [0.4, 0.5) is 29.3 Å². The van der Waals surface area contributed by atoms with Gasteiger partial charge in [-0.3, -0.25) is 4.79 Å². The minimum Gasteiger partial charge on any atom is -0.354 e. The summed E-state index contributed by atoms with van der Waals surface area (Å²) < 4.78 is 39.3. The van der Waals surface area contributed by atoms with Crippen LogP contribution in [0.1, 0.15) is 30.9 Å². The lowest BCUT2D eigenvalue weighted by Crippen LogP contribution is -2.57. The second-order valence-corrected chi connectivity index (χ2v) is 8.99. The molecule has 0 bridgehead atoms. The lowest BCUT2D eigenvalue weighted by atomic mass is 10.0. The molecule has 0 spiro atoms. The first-order valence-electron chi connectivity index (χ1n) is 11.8. The van der Waals surface area contributed by atoms with Crippen molar-refractivity contribution in [2.45, 2.75) is 31.6 Å². The van der Waals surface area contributed by atoms with Gasteiger partial charge >= 0.3 is 12.2 Å². The molecule has 3 N–H and O–H groups in total. The molecule has 3 amide bonds. The molecule has 36 heavy (non-hydrogen) atoms. The van der Waals surface area contributed by atoms with Crippen LogP contribution in [-0.2, 0) is 11.0 Å². The van der Waals surface area contributed by atoms with Crippen LogP contribution in [0.25, 0.3) is 0 Å². The predicted octanol–water partition coefficient (Wildman–Crippen LogP) is 3.97. The molecule has 4 rings (SSSR count). The van der Waals surface area contributed by atoms with Crippen molar-refractivity contribution in [2.24, 2.45) is 4.99 Å². The molecule has 1 fully saturated rings. The largest absolute Gasteiger partial charge is 0.416 e. The second kappa shape index (κ2) is 10.2. The number of halogens is 3. The average molecular weight is 503 g/mol. The van der Waals surface area contributed by atoms with E-state index in [1.54, 1.807) is 12.1 Å². The highest BCUT2D eigenvalue weighted by Crippen LogP contribution is 2.31. The van der Waals surface area contributed by atoms with Crippen LogP contribution in [0, 0.1) is 0 Å². The Morgan fingerprint density at radius 2 is 1.83 bits per heavy atom. The minimum atomic E-state index is -4.55. The van der Waals surface area contributed by atoms with Crippen LogP contribution in [0.15, 0.2) is 53.5 Å². The zero-order valence-corrected chi connectivity index (χ0v) is 20.2. The number of carbonyl (C=O) groups is 2. The standard InChI is InChI=1S/C25H29F3N6O2/c1-3-11-24(32-23(36)29-18-8-6-7-17(16-18)25(26,27)28)22(35)30-20-10-5-4-9-19(20)21(31-24)34-14-12-33(2)13-15-34/h4-10,16H,3,11-15H2,1-2H3,(H,30,35)(H2,29,32,36)/t24-/m0/s1. The van der Waals surface area contributed by atoms with Crippen molar-refractivity contribution in [1.82, 2.24) is 15.1 Å². The number of benzodiazepines with no additional fused rings is 1. The Kier molecular flexibility index (Phi) is 7.21. The van der Waals surface area contributed by atoms with Crippen molar-refractivity contribution in [3.8, 4) is 0 Å². The molecule has 0 radical (unpaired) electrons. The summed E-state index contributed by atoms with van der Waals surface area (Å²) in [6, 6.07) is 10.8. The molecular formula is C25H29F3N6O2. The summed E-state index contributed by atoms with van der Waals surface area (Å²) in [6.07, 6.45) is -3.83. The number of nitrogens with zero attached hydrogens (tertiary/aromatic N) is 3. The monoisotopic (exact) mass is 502 g/mol. The number of carbonyl (C=O) groups excluding carboxylic acids is 2. The van der Waals surface area contributed by atoms with Gasteiger partial charge in [0.25, 0.3) is 5.91 Å². The lowest BCUT2D eigenvalue weighted by Gasteiger charge is -2.36. The number of fused-ring (bicyclic) bond motifs is 1. The maximum atomic E-state index is 13.5. The Morgan fingerprint density at radius 3 is 2.53 bits per heavy atom. The van der Waals surface area contributed by atoms with E-state index in [2.05, 4.69) is 25.8 Å². The molecule has 0 unspecified atom stereocenters. The fourth-order valence-electron chi connectivity index (χ4n) is 4.37. The maximum absolute atomic E-state index is 13.5. The number of likely N-dealkylation sites (N-methyl/N-ethyl adjacent to an activating group) is 1. The van der Waals surface area contributed by atoms with Gasteiger partial charge in [-0.1, -0.05) is 31.5 Å². The van der Waals surface area contributed by atoms with E-state index < -0.39 is 29.3 Å². The van der Waals surface area contributed by atoms with Crippen LogP contribution in [0.2, 0.25) is 0 Å². The summed E-state index contributed by atoms with van der Waals surface area (Å²) >= 11 is 0. The zero-order chi connectivity index (χ0) is 25.9. The summed E-state index contributed by atoms with van der Waals surface area (Å²) in [4.78, 5) is 35.7. The number of anilines is 2. The molecule has 2 aliphatic heterocycles. The summed E-state index contributed by atoms with van der Waals surface area (Å²) in [7, 11) is 2.03. The molecule has 0 saturated carbocycles. The molecule has 2 aromatic rings. The van der Waals surface area contributed by atoms with Crippen LogP contribution < -0.4 is 16.0 Å². The molecule has 1 atom stereocenters. The number of nitrogens with one attached hydrogen (secondary N) is 3. The van der Waals surface area contributed by atoms with Crippen LogP contribution in [-0.4, -0.2) is 66.5 Å². The number of hydrogen-bond donors (Lipinski definition) is 3. The number of amidine groups is 1. The third-order valence-corrected chi connectivity index (χ3v) is 6.27. The first-order chi connectivity index (χ1) is 17.1. The number of piperazine rings is 1. The Morgan fingerprint density at radius 1 is 1.11 bits per heavy atom. The Balaban J connectivity index is 1.68. The first-order valence-corrected chi connectivity index (χ1v) is 11.8. The van der Waals surface area contributed by atoms with Crippen molar-refractivity contribution in [3.05, 3.63) is 59.7 Å². The molecular weight excluding hydrogens is 473 g/mol. The molecule has 0 aliphatic carbocycles. The van der Waals surface area contributed by atoms with Gasteiger partial charge in [-0.2, -0.15) is 13.2 Å². The number of benzene rings is 2. The Bertz CT molecular complexity index is 1160. The van der Waals surface area contributed by atoms with Crippen LogP contribution in [0.5, 0.6) is 0 Å². The van der Waals surface area contributed by atoms with E-state index >= 15 is 0 Å². The molecule has 2 heterocycles. The van der Waals surface area contributed by atoms with Gasteiger partial charge in [-0.05, 0) is 37.4 Å². The van der Waals surface area contributed by atoms with Gasteiger partial charge in [-0.15, -0.1) is 0 Å². The minimum absolute atomic E-state index is 0.0467. The fourth-order valence-corrected chi connectivity index (χ4v) is 4.37. The molecule has 1 saturated heterocycles. The van der Waals surface area contributed by atoms with E-state index in [0.717, 1.165) is 30.8 Å². The average Bonchev–Trinajstić information content (AvgIpc) is 2.94. The molecule has 0 aromatic heterocycles. The summed E-state index contributed by atoms with van der Waals surface area (Å²) in [5, 5.41) is 7.99. The van der Waals surface area contributed by atoms with Gasteiger partial charge < -0.3 is 25.8 Å². The van der Waals surface area contributed by atoms with Crippen molar-refractivity contribution in [3.63, 3.8) is 0 Å². The number of alkyl halides is 3. The molecule has 2 aliphatic rings. The van der Waals surface area contributed by atoms with Crippen molar-refractivity contribution in [1.29, 1.82) is 0 Å². The molecule has 2 aromatic carbocycles. The molecule has 11 heteroatoms. The van der Waals surface area contributed by atoms with Gasteiger partial charge in [0.1, 0.15) is 5.84 Å². The van der Waals surface area contributed by atoms with Gasteiger partial charge in [0.2, 0.25) is 5.66 Å². The third kappa shape index (κ3) is 5.46. The van der Waals surface area contributed by atoms with Crippen molar-refractivity contribution >= 4 is 29.1 Å². The molecule has 192 valence electrons. The highest BCUT2D eigenvalue weighted by atomic mass is 19.4. The van der Waals surface area contributed by atoms with E-state index in [9.17, 15) is 22.8 Å². The van der Waals surface area contributed by atoms with E-state index in [1.807, 2.05) is 26.1 Å². The van der Waals surface area contributed by atoms with Crippen molar-refractivity contribution < 1.29 is 22.8 Å². The Hall–Kier alpha value is -3.60. The van der Waals surface area contributed by atoms with Crippen LogP contribution in [0.3, 0.4) is 0 Å². The quantitative estimate of drug-likeness (QED) is 0.591. The number of rotatable bonds is 4. The highest BCUT2D eigenvalue weighted by Gasteiger charge is 2.43. The fraction of sp³-hybridized carbons (Fsp3) is 0.400. The topological polar surface area (TPSA) is 89.1 Å². The van der Waals surface area contributed by atoms with Gasteiger partial charge in [0.15, 0.2) is 0 Å². The first kappa shape index (κ1) is 25.5. The highest BCUT2D eigenvalue weighted by molar-refractivity contribution is 6.13. The summed E-state index contributed by atoms with van der Waals surface area (Å²) in [6.45, 7) is 4.87.